The Balaban J connectivity index is 2.36. The van der Waals surface area contributed by atoms with Gasteiger partial charge < -0.3 is 9.84 Å². The normalized spacial score (nSPS) is 10.3. The van der Waals surface area contributed by atoms with E-state index in [1.807, 2.05) is 0 Å². The van der Waals surface area contributed by atoms with Gasteiger partial charge in [0, 0.05) is 0 Å². The maximum absolute atomic E-state index is 13.7. The molecule has 0 amide bonds. The highest BCUT2D eigenvalue weighted by Gasteiger charge is 2.13. The Morgan fingerprint density at radius 3 is 2.80 bits per heavy atom. The molecule has 2 aromatic rings. The third-order valence-corrected chi connectivity index (χ3v) is 3.20. The van der Waals surface area contributed by atoms with Crippen molar-refractivity contribution >= 4 is 29.3 Å². The molecule has 0 unspecified atom stereocenters. The average molecular weight is 316 g/mol. The summed E-state index contributed by atoms with van der Waals surface area (Å²) in [6.07, 6.45) is 0. The molecule has 1 aromatic carbocycles. The maximum Gasteiger partial charge on any atom is 0.335 e. The summed E-state index contributed by atoms with van der Waals surface area (Å²) < 4.78 is 18.5. The zero-order valence-electron chi connectivity index (χ0n) is 10.0. The predicted molar refractivity (Wildman–Crippen MR) is 68.9 cm³/mol. The van der Waals surface area contributed by atoms with Gasteiger partial charge in [0.05, 0.1) is 17.6 Å². The lowest BCUT2D eigenvalue weighted by Gasteiger charge is -2.04. The van der Waals surface area contributed by atoms with E-state index in [1.165, 1.54) is 19.2 Å². The molecule has 0 spiro atoms. The van der Waals surface area contributed by atoms with Crippen molar-refractivity contribution < 1.29 is 19.0 Å². The van der Waals surface area contributed by atoms with Crippen molar-refractivity contribution in [1.82, 2.24) is 15.0 Å². The number of ether oxygens (including phenoxy) is 1. The zero-order valence-corrected chi connectivity index (χ0v) is 11.6. The molecule has 0 fully saturated rings. The fourth-order valence-corrected chi connectivity index (χ4v) is 2.27. The van der Waals surface area contributed by atoms with E-state index in [0.717, 1.165) is 17.8 Å². The SMILES string of the molecule is COc1nc(Cl)nc(Sc2cc(C(=O)O)ccc2F)n1. The summed E-state index contributed by atoms with van der Waals surface area (Å²) in [4.78, 5) is 22.3. The second-order valence-corrected chi connectivity index (χ2v) is 4.77. The van der Waals surface area contributed by atoms with Crippen LogP contribution in [0.3, 0.4) is 0 Å². The molecule has 20 heavy (non-hydrogen) atoms. The summed E-state index contributed by atoms with van der Waals surface area (Å²) in [5, 5.41) is 8.88. The number of carboxylic acid groups (broad SMARTS) is 1. The van der Waals surface area contributed by atoms with Crippen molar-refractivity contribution in [3.63, 3.8) is 0 Å². The molecule has 0 aliphatic carbocycles. The van der Waals surface area contributed by atoms with Gasteiger partial charge in [-0.2, -0.15) is 15.0 Å². The number of nitrogens with zero attached hydrogens (tertiary/aromatic N) is 3. The number of rotatable bonds is 4. The lowest BCUT2D eigenvalue weighted by molar-refractivity contribution is 0.0696. The Kier molecular flexibility index (Phi) is 4.35. The van der Waals surface area contributed by atoms with Crippen molar-refractivity contribution in [2.45, 2.75) is 10.1 Å². The lowest BCUT2D eigenvalue weighted by atomic mass is 10.2. The smallest absolute Gasteiger partial charge is 0.335 e. The third kappa shape index (κ3) is 3.34. The van der Waals surface area contributed by atoms with Crippen LogP contribution >= 0.6 is 23.4 Å². The van der Waals surface area contributed by atoms with Gasteiger partial charge in [-0.05, 0) is 41.6 Å². The summed E-state index contributed by atoms with van der Waals surface area (Å²) in [7, 11) is 1.35. The van der Waals surface area contributed by atoms with Crippen LogP contribution in [0, 0.1) is 5.82 Å². The number of aromatic carboxylic acids is 1. The van der Waals surface area contributed by atoms with E-state index >= 15 is 0 Å². The van der Waals surface area contributed by atoms with Crippen LogP contribution in [0.1, 0.15) is 10.4 Å². The molecule has 1 heterocycles. The second-order valence-electron chi connectivity index (χ2n) is 3.43. The van der Waals surface area contributed by atoms with E-state index < -0.39 is 11.8 Å². The first kappa shape index (κ1) is 14.5. The predicted octanol–water partition coefficient (Wildman–Crippen LogP) is 2.52. The molecule has 0 saturated carbocycles. The molecular formula is C11H7ClFN3O3S. The average Bonchev–Trinajstić information content (AvgIpc) is 2.40. The summed E-state index contributed by atoms with van der Waals surface area (Å²) in [6, 6.07) is 3.41. The van der Waals surface area contributed by atoms with Gasteiger partial charge in [0.15, 0.2) is 5.16 Å². The van der Waals surface area contributed by atoms with Crippen LogP contribution in [0.15, 0.2) is 28.3 Å². The van der Waals surface area contributed by atoms with Crippen molar-refractivity contribution in [2.75, 3.05) is 7.11 Å². The first-order valence-electron chi connectivity index (χ1n) is 5.16. The van der Waals surface area contributed by atoms with Gasteiger partial charge in [-0.25, -0.2) is 9.18 Å². The number of aromatic nitrogens is 3. The van der Waals surface area contributed by atoms with Crippen LogP contribution in [-0.4, -0.2) is 33.1 Å². The minimum Gasteiger partial charge on any atom is -0.478 e. The van der Waals surface area contributed by atoms with Crippen LogP contribution in [-0.2, 0) is 0 Å². The van der Waals surface area contributed by atoms with Crippen molar-refractivity contribution in [2.24, 2.45) is 0 Å². The molecule has 0 aliphatic heterocycles. The van der Waals surface area contributed by atoms with Crippen LogP contribution in [0.25, 0.3) is 0 Å². The molecule has 1 aromatic heterocycles. The number of carboxylic acids is 1. The van der Waals surface area contributed by atoms with Crippen LogP contribution < -0.4 is 4.74 Å². The van der Waals surface area contributed by atoms with Gasteiger partial charge in [0.1, 0.15) is 5.82 Å². The topological polar surface area (TPSA) is 85.2 Å². The first-order valence-corrected chi connectivity index (χ1v) is 6.35. The number of halogens is 2. The minimum absolute atomic E-state index is 0.0118. The monoisotopic (exact) mass is 315 g/mol. The zero-order chi connectivity index (χ0) is 14.7. The maximum atomic E-state index is 13.7. The van der Waals surface area contributed by atoms with E-state index in [1.54, 1.807) is 0 Å². The van der Waals surface area contributed by atoms with E-state index in [9.17, 15) is 9.18 Å². The number of hydrogen-bond acceptors (Lipinski definition) is 6. The van der Waals surface area contributed by atoms with E-state index in [-0.39, 0.29) is 26.9 Å². The molecule has 9 heteroatoms. The van der Waals surface area contributed by atoms with E-state index in [4.69, 9.17) is 21.4 Å². The molecule has 1 N–H and O–H groups in total. The summed E-state index contributed by atoms with van der Waals surface area (Å²) in [6.45, 7) is 0. The standard InChI is InChI=1S/C11H7ClFN3O3S/c1-19-10-14-9(12)15-11(16-10)20-7-4-5(8(17)18)2-3-6(7)13/h2-4H,1H3,(H,17,18). The third-order valence-electron chi connectivity index (χ3n) is 2.13. The Morgan fingerprint density at radius 1 is 1.40 bits per heavy atom. The Labute approximate surface area is 122 Å². The Bertz CT molecular complexity index is 671. The largest absolute Gasteiger partial charge is 0.478 e. The van der Waals surface area contributed by atoms with Gasteiger partial charge in [-0.1, -0.05) is 0 Å². The highest BCUT2D eigenvalue weighted by molar-refractivity contribution is 7.99. The van der Waals surface area contributed by atoms with Gasteiger partial charge in [-0.15, -0.1) is 0 Å². The number of benzene rings is 1. The quantitative estimate of drug-likeness (QED) is 0.927. The molecule has 0 radical (unpaired) electrons. The highest BCUT2D eigenvalue weighted by atomic mass is 35.5. The Morgan fingerprint density at radius 2 is 2.15 bits per heavy atom. The van der Waals surface area contributed by atoms with Crippen LogP contribution in [0.5, 0.6) is 6.01 Å². The number of methoxy groups -OCH3 is 1. The van der Waals surface area contributed by atoms with Crippen molar-refractivity contribution in [3.8, 4) is 6.01 Å². The lowest BCUT2D eigenvalue weighted by Crippen LogP contribution is -1.99. The summed E-state index contributed by atoms with van der Waals surface area (Å²) in [5.74, 6) is -1.74. The van der Waals surface area contributed by atoms with Crippen LogP contribution in [0.2, 0.25) is 5.28 Å². The molecule has 0 atom stereocenters. The summed E-state index contributed by atoms with van der Waals surface area (Å²) >= 11 is 6.50. The number of carbonyl (C=O) groups is 1. The molecule has 0 aliphatic rings. The van der Waals surface area contributed by atoms with Crippen molar-refractivity contribution in [3.05, 3.63) is 34.9 Å². The molecule has 104 valence electrons. The van der Waals surface area contributed by atoms with E-state index in [2.05, 4.69) is 15.0 Å². The van der Waals surface area contributed by atoms with E-state index in [0.29, 0.717) is 0 Å². The second kappa shape index (κ2) is 6.02. The summed E-state index contributed by atoms with van der Waals surface area (Å²) in [5.41, 5.74) is -0.0407. The highest BCUT2D eigenvalue weighted by Crippen LogP contribution is 2.29. The number of hydrogen-bond donors (Lipinski definition) is 1. The molecule has 2 rings (SSSR count). The first-order chi connectivity index (χ1) is 9.49. The minimum atomic E-state index is -1.15. The molecule has 6 nitrogen and oxygen atoms in total. The molecular weight excluding hydrogens is 309 g/mol. The van der Waals surface area contributed by atoms with Crippen LogP contribution in [0.4, 0.5) is 4.39 Å². The molecule has 0 bridgehead atoms. The van der Waals surface area contributed by atoms with Gasteiger partial charge >= 0.3 is 12.0 Å². The molecule has 0 saturated heterocycles. The van der Waals surface area contributed by atoms with Gasteiger partial charge in [0.25, 0.3) is 0 Å². The van der Waals surface area contributed by atoms with Gasteiger partial charge in [0.2, 0.25) is 5.28 Å². The Hall–Kier alpha value is -1.93. The van der Waals surface area contributed by atoms with Gasteiger partial charge in [-0.3, -0.25) is 0 Å². The van der Waals surface area contributed by atoms with Crippen molar-refractivity contribution in [1.29, 1.82) is 0 Å². The fraction of sp³-hybridized carbons (Fsp3) is 0.0909. The fourth-order valence-electron chi connectivity index (χ4n) is 1.26.